The van der Waals surface area contributed by atoms with E-state index in [-0.39, 0.29) is 18.1 Å². The summed E-state index contributed by atoms with van der Waals surface area (Å²) in [5.41, 5.74) is 3.29. The van der Waals surface area contributed by atoms with Crippen molar-refractivity contribution in [1.82, 2.24) is 24.6 Å². The van der Waals surface area contributed by atoms with Crippen molar-refractivity contribution in [2.45, 2.75) is 58.6 Å². The highest BCUT2D eigenvalue weighted by Gasteiger charge is 2.30. The molecule has 3 aromatic rings. The highest BCUT2D eigenvalue weighted by atomic mass is 16.6. The number of likely N-dealkylation sites (tertiary alicyclic amines) is 1. The van der Waals surface area contributed by atoms with Crippen molar-refractivity contribution in [2.24, 2.45) is 0 Å². The lowest BCUT2D eigenvalue weighted by Crippen LogP contribution is -2.44. The van der Waals surface area contributed by atoms with E-state index in [1.54, 1.807) is 29.4 Å². The molecule has 0 saturated carbocycles. The van der Waals surface area contributed by atoms with Gasteiger partial charge in [0, 0.05) is 31.0 Å². The van der Waals surface area contributed by atoms with Crippen molar-refractivity contribution in [3.05, 3.63) is 54.0 Å². The van der Waals surface area contributed by atoms with Crippen molar-refractivity contribution in [3.8, 4) is 11.3 Å². The molecule has 3 heterocycles. The van der Waals surface area contributed by atoms with Gasteiger partial charge in [-0.1, -0.05) is 19.1 Å². The Kier molecular flexibility index (Phi) is 7.75. The van der Waals surface area contributed by atoms with E-state index in [1.165, 1.54) is 7.11 Å². The Bertz CT molecular complexity index is 1250. The molecule has 2 aromatic heterocycles. The first-order valence-electron chi connectivity index (χ1n) is 12.5. The average Bonchev–Trinajstić information content (AvgIpc) is 3.38. The molecule has 1 atom stereocenters. The van der Waals surface area contributed by atoms with Crippen molar-refractivity contribution in [3.63, 3.8) is 0 Å². The summed E-state index contributed by atoms with van der Waals surface area (Å²) in [7, 11) is 1.36. The molecule has 1 saturated heterocycles. The zero-order valence-electron chi connectivity index (χ0n) is 22.0. The summed E-state index contributed by atoms with van der Waals surface area (Å²) in [4.78, 5) is 35.3. The van der Waals surface area contributed by atoms with Crippen LogP contribution in [0, 0.1) is 6.92 Å². The van der Waals surface area contributed by atoms with Gasteiger partial charge in [-0.05, 0) is 57.7 Å². The predicted octanol–water partition coefficient (Wildman–Crippen LogP) is 5.14. The molecule has 10 nitrogen and oxygen atoms in total. The van der Waals surface area contributed by atoms with Crippen LogP contribution in [0.5, 0.6) is 0 Å². The minimum atomic E-state index is -0.483. The standard InChI is InChI=1S/C27H34N6O4/c1-6-27(3,4)37-26(35)32-13-7-8-22(17-32)33-16-21(15-29-33)30-25-28-14-18(2)23(31-25)19-9-11-20(12-10-19)24(34)36-5/h9-12,14-16,22H,6-8,13,17H2,1-5H3,(H,28,30,31). The number of esters is 1. The van der Waals surface area contributed by atoms with E-state index in [1.807, 2.05) is 50.7 Å². The zero-order valence-corrected chi connectivity index (χ0v) is 22.0. The lowest BCUT2D eigenvalue weighted by atomic mass is 10.1. The second kappa shape index (κ2) is 11.0. The molecule has 196 valence electrons. The van der Waals surface area contributed by atoms with E-state index in [9.17, 15) is 9.59 Å². The summed E-state index contributed by atoms with van der Waals surface area (Å²) >= 11 is 0. The maximum atomic E-state index is 12.7. The number of benzene rings is 1. The molecule has 0 radical (unpaired) electrons. The fourth-order valence-electron chi connectivity index (χ4n) is 4.12. The van der Waals surface area contributed by atoms with Crippen LogP contribution in [0.25, 0.3) is 11.3 Å². The van der Waals surface area contributed by atoms with E-state index in [2.05, 4.69) is 20.4 Å². The Balaban J connectivity index is 1.44. The lowest BCUT2D eigenvalue weighted by molar-refractivity contribution is 0.00433. The molecule has 37 heavy (non-hydrogen) atoms. The quantitative estimate of drug-likeness (QED) is 0.439. The summed E-state index contributed by atoms with van der Waals surface area (Å²) in [6.45, 7) is 9.02. The first-order valence-corrected chi connectivity index (χ1v) is 12.5. The number of anilines is 2. The topological polar surface area (TPSA) is 111 Å². The molecular weight excluding hydrogens is 472 g/mol. The number of carbonyl (C=O) groups is 2. The number of aromatic nitrogens is 4. The summed E-state index contributed by atoms with van der Waals surface area (Å²) in [5.74, 6) is 0.0564. The van der Waals surface area contributed by atoms with E-state index in [0.29, 0.717) is 24.6 Å². The molecule has 4 rings (SSSR count). The minimum Gasteiger partial charge on any atom is -0.465 e. The second-order valence-electron chi connectivity index (χ2n) is 9.85. The van der Waals surface area contributed by atoms with Gasteiger partial charge in [0.15, 0.2) is 0 Å². The third-order valence-corrected chi connectivity index (χ3v) is 6.65. The predicted molar refractivity (Wildman–Crippen MR) is 140 cm³/mol. The van der Waals surface area contributed by atoms with Gasteiger partial charge in [0.25, 0.3) is 0 Å². The van der Waals surface area contributed by atoms with Crippen LogP contribution in [0.3, 0.4) is 0 Å². The first kappa shape index (κ1) is 26.1. The van der Waals surface area contributed by atoms with Gasteiger partial charge in [-0.2, -0.15) is 5.10 Å². The van der Waals surface area contributed by atoms with Crippen LogP contribution in [-0.2, 0) is 9.47 Å². The van der Waals surface area contributed by atoms with Gasteiger partial charge in [-0.3, -0.25) is 4.68 Å². The largest absolute Gasteiger partial charge is 0.465 e. The summed E-state index contributed by atoms with van der Waals surface area (Å²) in [6.07, 6.45) is 7.68. The Morgan fingerprint density at radius 3 is 2.65 bits per heavy atom. The number of piperidine rings is 1. The SMILES string of the molecule is CCC(C)(C)OC(=O)N1CCCC(n2cc(Nc3ncc(C)c(-c4ccc(C(=O)OC)cc4)n3)cn2)C1. The van der Waals surface area contributed by atoms with Crippen LogP contribution in [0.2, 0.25) is 0 Å². The molecule has 1 aliphatic rings. The minimum absolute atomic E-state index is 0.0596. The molecule has 1 N–H and O–H groups in total. The van der Waals surface area contributed by atoms with Crippen molar-refractivity contribution >= 4 is 23.7 Å². The number of methoxy groups -OCH3 is 1. The molecule has 0 aliphatic carbocycles. The number of carbonyl (C=O) groups excluding carboxylic acids is 2. The Hall–Kier alpha value is -3.95. The third kappa shape index (κ3) is 6.25. The van der Waals surface area contributed by atoms with Crippen LogP contribution in [0.1, 0.15) is 62.0 Å². The molecule has 10 heteroatoms. The first-order chi connectivity index (χ1) is 17.7. The number of nitrogens with one attached hydrogen (secondary N) is 1. The number of rotatable bonds is 7. The van der Waals surface area contributed by atoms with E-state index < -0.39 is 5.60 Å². The summed E-state index contributed by atoms with van der Waals surface area (Å²) in [5, 5.41) is 7.76. The number of nitrogens with zero attached hydrogens (tertiary/aromatic N) is 5. The third-order valence-electron chi connectivity index (χ3n) is 6.65. The fraction of sp³-hybridized carbons (Fsp3) is 0.444. The summed E-state index contributed by atoms with van der Waals surface area (Å²) in [6, 6.07) is 7.17. The molecule has 0 bridgehead atoms. The monoisotopic (exact) mass is 506 g/mol. The Labute approximate surface area is 217 Å². The Morgan fingerprint density at radius 2 is 1.95 bits per heavy atom. The van der Waals surface area contributed by atoms with Crippen LogP contribution < -0.4 is 5.32 Å². The maximum absolute atomic E-state index is 12.7. The second-order valence-corrected chi connectivity index (χ2v) is 9.85. The highest BCUT2D eigenvalue weighted by Crippen LogP contribution is 2.26. The number of aryl methyl sites for hydroxylation is 1. The van der Waals surface area contributed by atoms with Crippen LogP contribution in [0.15, 0.2) is 42.9 Å². The molecule has 1 unspecified atom stereocenters. The zero-order chi connectivity index (χ0) is 26.6. The number of amides is 1. The van der Waals surface area contributed by atoms with Gasteiger partial charge in [0.2, 0.25) is 5.95 Å². The van der Waals surface area contributed by atoms with Gasteiger partial charge >= 0.3 is 12.1 Å². The van der Waals surface area contributed by atoms with E-state index >= 15 is 0 Å². The van der Waals surface area contributed by atoms with Crippen LogP contribution >= 0.6 is 0 Å². The maximum Gasteiger partial charge on any atom is 0.410 e. The van der Waals surface area contributed by atoms with Gasteiger partial charge in [-0.15, -0.1) is 0 Å². The van der Waals surface area contributed by atoms with E-state index in [0.717, 1.165) is 41.8 Å². The van der Waals surface area contributed by atoms with Gasteiger partial charge < -0.3 is 19.7 Å². The fourth-order valence-corrected chi connectivity index (χ4v) is 4.12. The van der Waals surface area contributed by atoms with Crippen molar-refractivity contribution < 1.29 is 19.1 Å². The number of ether oxygens (including phenoxy) is 2. The number of hydrogen-bond donors (Lipinski definition) is 1. The van der Waals surface area contributed by atoms with Crippen LogP contribution in [0.4, 0.5) is 16.4 Å². The summed E-state index contributed by atoms with van der Waals surface area (Å²) < 4.78 is 12.3. The Morgan fingerprint density at radius 1 is 1.19 bits per heavy atom. The molecule has 0 spiro atoms. The van der Waals surface area contributed by atoms with Crippen molar-refractivity contribution in [1.29, 1.82) is 0 Å². The number of hydrogen-bond acceptors (Lipinski definition) is 8. The van der Waals surface area contributed by atoms with Gasteiger partial charge in [0.1, 0.15) is 5.60 Å². The van der Waals surface area contributed by atoms with Crippen LogP contribution in [-0.4, -0.2) is 62.5 Å². The van der Waals surface area contributed by atoms with Crippen molar-refractivity contribution in [2.75, 3.05) is 25.5 Å². The van der Waals surface area contributed by atoms with Gasteiger partial charge in [-0.25, -0.2) is 19.6 Å². The molecule has 1 amide bonds. The normalized spacial score (nSPS) is 15.8. The molecule has 1 fully saturated rings. The van der Waals surface area contributed by atoms with E-state index in [4.69, 9.17) is 9.47 Å². The highest BCUT2D eigenvalue weighted by molar-refractivity contribution is 5.90. The molecule has 1 aromatic carbocycles. The smallest absolute Gasteiger partial charge is 0.410 e. The molecule has 1 aliphatic heterocycles. The average molecular weight is 507 g/mol. The lowest BCUT2D eigenvalue weighted by Gasteiger charge is -2.34. The molecular formula is C27H34N6O4. The van der Waals surface area contributed by atoms with Gasteiger partial charge in [0.05, 0.1) is 36.3 Å².